The number of esters is 1. The minimum absolute atomic E-state index is 0.137. The second-order valence-corrected chi connectivity index (χ2v) is 5.52. The number of benzene rings is 2. The topological polar surface area (TPSA) is 90.3 Å². The van der Waals surface area contributed by atoms with Gasteiger partial charge in [0.05, 0.1) is 29.4 Å². The van der Waals surface area contributed by atoms with Crippen molar-refractivity contribution in [1.29, 1.82) is 0 Å². The molecule has 26 heavy (non-hydrogen) atoms. The maximum atomic E-state index is 12.3. The van der Waals surface area contributed by atoms with E-state index >= 15 is 0 Å². The summed E-state index contributed by atoms with van der Waals surface area (Å²) in [6, 6.07) is 13.5. The van der Waals surface area contributed by atoms with Crippen molar-refractivity contribution in [2.75, 3.05) is 11.9 Å². The fourth-order valence-corrected chi connectivity index (χ4v) is 2.53. The molecule has 132 valence electrons. The fraction of sp³-hybridized carbons (Fsp3) is 0.158. The summed E-state index contributed by atoms with van der Waals surface area (Å²) in [4.78, 5) is 40.1. The molecule has 7 nitrogen and oxygen atoms in total. The number of nitrogens with zero attached hydrogens (tertiary/aromatic N) is 2. The Morgan fingerprint density at radius 1 is 1.12 bits per heavy atom. The number of anilines is 1. The van der Waals surface area contributed by atoms with Gasteiger partial charge >= 0.3 is 5.97 Å². The number of fused-ring (bicyclic) bond motifs is 1. The Balaban J connectivity index is 1.75. The van der Waals surface area contributed by atoms with Crippen LogP contribution in [0, 0.1) is 0 Å². The number of hydrogen-bond donors (Lipinski definition) is 1. The highest BCUT2D eigenvalue weighted by Gasteiger charge is 2.10. The first-order valence-electron chi connectivity index (χ1n) is 8.10. The van der Waals surface area contributed by atoms with Gasteiger partial charge in [0.1, 0.15) is 6.54 Å². The number of carbonyl (C=O) groups excluding carboxylic acids is 2. The van der Waals surface area contributed by atoms with Gasteiger partial charge in [0, 0.05) is 5.69 Å². The van der Waals surface area contributed by atoms with Gasteiger partial charge in [0.2, 0.25) is 5.91 Å². The second kappa shape index (κ2) is 7.60. The predicted molar refractivity (Wildman–Crippen MR) is 97.0 cm³/mol. The molecule has 1 N–H and O–H groups in total. The van der Waals surface area contributed by atoms with Crippen LogP contribution >= 0.6 is 0 Å². The van der Waals surface area contributed by atoms with E-state index in [0.717, 1.165) is 0 Å². The average molecular weight is 351 g/mol. The van der Waals surface area contributed by atoms with Gasteiger partial charge in [-0.25, -0.2) is 9.78 Å². The van der Waals surface area contributed by atoms with E-state index in [2.05, 4.69) is 10.3 Å². The quantitative estimate of drug-likeness (QED) is 0.712. The van der Waals surface area contributed by atoms with Crippen molar-refractivity contribution in [3.63, 3.8) is 0 Å². The normalized spacial score (nSPS) is 10.5. The Bertz CT molecular complexity index is 1010. The van der Waals surface area contributed by atoms with E-state index in [9.17, 15) is 14.4 Å². The standard InChI is InChI=1S/C19H17N3O4/c1-2-26-19(25)13-7-9-14(10-8-13)21-17(23)12-22-16-6-4-3-5-15(16)20-11-18(22)24/h3-11H,2,12H2,1H3,(H,21,23). The van der Waals surface area contributed by atoms with Crippen LogP contribution in [0.3, 0.4) is 0 Å². The molecule has 0 atom stereocenters. The van der Waals surface area contributed by atoms with Crippen molar-refractivity contribution in [3.05, 3.63) is 70.6 Å². The lowest BCUT2D eigenvalue weighted by Gasteiger charge is -2.10. The lowest BCUT2D eigenvalue weighted by Crippen LogP contribution is -2.28. The summed E-state index contributed by atoms with van der Waals surface area (Å²) in [5, 5.41) is 2.71. The maximum Gasteiger partial charge on any atom is 0.338 e. The van der Waals surface area contributed by atoms with Crippen molar-refractivity contribution in [3.8, 4) is 0 Å². The van der Waals surface area contributed by atoms with Crippen LogP contribution in [-0.4, -0.2) is 28.0 Å². The molecular formula is C19H17N3O4. The highest BCUT2D eigenvalue weighted by molar-refractivity contribution is 5.93. The molecule has 0 unspecified atom stereocenters. The number of nitrogens with one attached hydrogen (secondary N) is 1. The lowest BCUT2D eigenvalue weighted by atomic mass is 10.2. The smallest absolute Gasteiger partial charge is 0.338 e. The molecule has 0 fully saturated rings. The molecule has 7 heteroatoms. The van der Waals surface area contributed by atoms with Gasteiger partial charge in [0.25, 0.3) is 5.56 Å². The molecule has 0 saturated carbocycles. The number of rotatable bonds is 5. The van der Waals surface area contributed by atoms with Crippen LogP contribution in [0.25, 0.3) is 11.0 Å². The molecule has 3 aromatic rings. The summed E-state index contributed by atoms with van der Waals surface area (Å²) in [5.41, 5.74) is 1.80. The molecule has 2 aromatic carbocycles. The van der Waals surface area contributed by atoms with E-state index in [-0.39, 0.29) is 18.0 Å². The SMILES string of the molecule is CCOC(=O)c1ccc(NC(=O)Cn2c(=O)cnc3ccccc32)cc1. The van der Waals surface area contributed by atoms with Gasteiger partial charge in [0.15, 0.2) is 0 Å². The second-order valence-electron chi connectivity index (χ2n) is 5.52. The van der Waals surface area contributed by atoms with Crippen molar-refractivity contribution >= 4 is 28.6 Å². The Hall–Kier alpha value is -3.48. The van der Waals surface area contributed by atoms with Gasteiger partial charge in [-0.15, -0.1) is 0 Å². The Morgan fingerprint density at radius 2 is 1.85 bits per heavy atom. The van der Waals surface area contributed by atoms with Crippen molar-refractivity contribution in [2.24, 2.45) is 0 Å². The molecule has 1 amide bonds. The molecule has 0 aliphatic carbocycles. The zero-order valence-electron chi connectivity index (χ0n) is 14.1. The van der Waals surface area contributed by atoms with Crippen LogP contribution in [0.4, 0.5) is 5.69 Å². The van der Waals surface area contributed by atoms with E-state index in [0.29, 0.717) is 28.9 Å². The van der Waals surface area contributed by atoms with Gasteiger partial charge in [-0.3, -0.25) is 14.2 Å². The summed E-state index contributed by atoms with van der Waals surface area (Å²) in [6.07, 6.45) is 1.20. The highest BCUT2D eigenvalue weighted by atomic mass is 16.5. The lowest BCUT2D eigenvalue weighted by molar-refractivity contribution is -0.116. The maximum absolute atomic E-state index is 12.3. The zero-order chi connectivity index (χ0) is 18.5. The molecule has 0 bridgehead atoms. The van der Waals surface area contributed by atoms with E-state index in [1.54, 1.807) is 49.4 Å². The molecule has 1 aromatic heterocycles. The molecule has 0 aliphatic rings. The number of amides is 1. The fourth-order valence-electron chi connectivity index (χ4n) is 2.53. The van der Waals surface area contributed by atoms with Crippen LogP contribution in [0.5, 0.6) is 0 Å². The molecule has 0 aliphatic heterocycles. The van der Waals surface area contributed by atoms with Crippen LogP contribution in [0.15, 0.2) is 59.5 Å². The van der Waals surface area contributed by atoms with Gasteiger partial charge in [-0.05, 0) is 43.3 Å². The van der Waals surface area contributed by atoms with Gasteiger partial charge in [-0.1, -0.05) is 12.1 Å². The summed E-state index contributed by atoms with van der Waals surface area (Å²) in [5.74, 6) is -0.771. The van der Waals surface area contributed by atoms with Crippen molar-refractivity contribution in [1.82, 2.24) is 9.55 Å². The van der Waals surface area contributed by atoms with E-state index in [1.807, 2.05) is 6.07 Å². The predicted octanol–water partition coefficient (Wildman–Crippen LogP) is 2.21. The molecule has 3 rings (SSSR count). The van der Waals surface area contributed by atoms with Gasteiger partial charge in [-0.2, -0.15) is 0 Å². The molecule has 0 radical (unpaired) electrons. The summed E-state index contributed by atoms with van der Waals surface area (Å²) >= 11 is 0. The molecule has 1 heterocycles. The van der Waals surface area contributed by atoms with Crippen LogP contribution in [0.2, 0.25) is 0 Å². The number of aromatic nitrogens is 2. The van der Waals surface area contributed by atoms with Crippen LogP contribution in [0.1, 0.15) is 17.3 Å². The summed E-state index contributed by atoms with van der Waals surface area (Å²) in [7, 11) is 0. The third kappa shape index (κ3) is 3.77. The third-order valence-electron chi connectivity index (χ3n) is 3.73. The first-order valence-corrected chi connectivity index (χ1v) is 8.10. The van der Waals surface area contributed by atoms with E-state index in [1.165, 1.54) is 10.8 Å². The van der Waals surface area contributed by atoms with E-state index in [4.69, 9.17) is 4.74 Å². The molecule has 0 spiro atoms. The molecular weight excluding hydrogens is 334 g/mol. The zero-order valence-corrected chi connectivity index (χ0v) is 14.1. The van der Waals surface area contributed by atoms with Crippen LogP contribution < -0.4 is 10.9 Å². The Labute approximate surface area is 149 Å². The van der Waals surface area contributed by atoms with E-state index < -0.39 is 5.97 Å². The third-order valence-corrected chi connectivity index (χ3v) is 3.73. The summed E-state index contributed by atoms with van der Waals surface area (Å²) < 4.78 is 6.28. The Morgan fingerprint density at radius 3 is 2.58 bits per heavy atom. The number of carbonyl (C=O) groups is 2. The van der Waals surface area contributed by atoms with Crippen molar-refractivity contribution in [2.45, 2.75) is 13.5 Å². The Kier molecular flexibility index (Phi) is 5.07. The molecule has 0 saturated heterocycles. The largest absolute Gasteiger partial charge is 0.462 e. The number of ether oxygens (including phenoxy) is 1. The average Bonchev–Trinajstić information content (AvgIpc) is 2.65. The summed E-state index contributed by atoms with van der Waals surface area (Å²) in [6.45, 7) is 1.89. The van der Waals surface area contributed by atoms with Crippen molar-refractivity contribution < 1.29 is 14.3 Å². The first-order chi connectivity index (χ1) is 12.6. The number of hydrogen-bond acceptors (Lipinski definition) is 5. The minimum atomic E-state index is -0.416. The highest BCUT2D eigenvalue weighted by Crippen LogP contribution is 2.12. The minimum Gasteiger partial charge on any atom is -0.462 e. The van der Waals surface area contributed by atoms with Crippen LogP contribution in [-0.2, 0) is 16.1 Å². The first kappa shape index (κ1) is 17.3. The monoisotopic (exact) mass is 351 g/mol. The number of para-hydroxylation sites is 2. The van der Waals surface area contributed by atoms with Gasteiger partial charge < -0.3 is 10.1 Å².